The van der Waals surface area contributed by atoms with Gasteiger partial charge in [0.15, 0.2) is 0 Å². The quantitative estimate of drug-likeness (QED) is 0.637. The van der Waals surface area contributed by atoms with Gasteiger partial charge in [-0.15, -0.1) is 0 Å². The van der Waals surface area contributed by atoms with E-state index in [-0.39, 0.29) is 0 Å². The van der Waals surface area contributed by atoms with Crippen molar-refractivity contribution in [2.24, 2.45) is 0 Å². The van der Waals surface area contributed by atoms with Gasteiger partial charge < -0.3 is 0 Å². The second-order valence-corrected chi connectivity index (χ2v) is 5.78. The Hall–Kier alpha value is 0.720. The van der Waals surface area contributed by atoms with Crippen LogP contribution >= 0.6 is 69.6 Å². The molecule has 0 unspecified atom stereocenters. The average molecular weight is 289 g/mol. The number of hydrogen-bond donors (Lipinski definition) is 0. The van der Waals surface area contributed by atoms with Crippen molar-refractivity contribution in [3.63, 3.8) is 0 Å². The fourth-order valence-electron chi connectivity index (χ4n) is 0. The standard InChI is InChI=1S/2C2Cl3N/c2*3-2(4,5)1-6. The van der Waals surface area contributed by atoms with Gasteiger partial charge in [-0.1, -0.05) is 69.6 Å². The summed E-state index contributed by atoms with van der Waals surface area (Å²) in [6.45, 7) is 0. The second-order valence-electron chi connectivity index (χ2n) is 1.22. The van der Waals surface area contributed by atoms with E-state index in [9.17, 15) is 0 Å². The van der Waals surface area contributed by atoms with Crippen LogP contribution in [0.2, 0.25) is 0 Å². The van der Waals surface area contributed by atoms with Gasteiger partial charge >= 0.3 is 0 Å². The molecule has 0 aromatic carbocycles. The van der Waals surface area contributed by atoms with Crippen molar-refractivity contribution in [3.8, 4) is 12.1 Å². The molecular formula is C4Cl6N2. The molecule has 0 N–H and O–H groups in total. The first-order valence-corrected chi connectivity index (χ1v) is 4.35. The molecule has 0 fully saturated rings. The van der Waals surface area contributed by atoms with Gasteiger partial charge in [-0.3, -0.25) is 0 Å². The van der Waals surface area contributed by atoms with Crippen molar-refractivity contribution in [2.75, 3.05) is 0 Å². The molecule has 0 radical (unpaired) electrons. The fourth-order valence-corrected chi connectivity index (χ4v) is 0. The lowest BCUT2D eigenvalue weighted by atomic mass is 10.9. The van der Waals surface area contributed by atoms with Crippen LogP contribution in [-0.2, 0) is 0 Å². The minimum absolute atomic E-state index is 1.40. The van der Waals surface area contributed by atoms with Gasteiger partial charge in [0.2, 0.25) is 0 Å². The third-order valence-electron chi connectivity index (χ3n) is 0.254. The molecule has 0 aromatic rings. The molecule has 0 atom stereocenters. The number of halogens is 6. The summed E-state index contributed by atoms with van der Waals surface area (Å²) in [6.07, 6.45) is 0. The molecule has 0 saturated carbocycles. The average Bonchev–Trinajstić information content (AvgIpc) is 1.86. The Morgan fingerprint density at radius 1 is 0.667 bits per heavy atom. The van der Waals surface area contributed by atoms with Gasteiger partial charge in [-0.25, -0.2) is 0 Å². The molecule has 0 heterocycles. The van der Waals surface area contributed by atoms with E-state index in [4.69, 9.17) is 80.1 Å². The van der Waals surface area contributed by atoms with E-state index in [1.165, 1.54) is 12.1 Å². The predicted octanol–water partition coefficient (Wildman–Crippen LogP) is 3.76. The van der Waals surface area contributed by atoms with E-state index in [0.29, 0.717) is 0 Å². The van der Waals surface area contributed by atoms with Crippen LogP contribution in [0.4, 0.5) is 0 Å². The molecule has 0 aromatic heterocycles. The topological polar surface area (TPSA) is 47.6 Å². The number of rotatable bonds is 0. The van der Waals surface area contributed by atoms with E-state index in [1.807, 2.05) is 0 Å². The highest BCUT2D eigenvalue weighted by Gasteiger charge is 2.16. The number of nitrogens with zero attached hydrogens (tertiary/aromatic N) is 2. The van der Waals surface area contributed by atoms with E-state index in [2.05, 4.69) is 0 Å². The van der Waals surface area contributed by atoms with Crippen LogP contribution in [0.15, 0.2) is 0 Å². The highest BCUT2D eigenvalue weighted by molar-refractivity contribution is 6.70. The maximum Gasteiger partial charge on any atom is 0.277 e. The van der Waals surface area contributed by atoms with Crippen LogP contribution in [0.25, 0.3) is 0 Å². The van der Waals surface area contributed by atoms with Gasteiger partial charge in [0.25, 0.3) is 7.59 Å². The minimum Gasteiger partial charge on any atom is -0.194 e. The van der Waals surface area contributed by atoms with Crippen molar-refractivity contribution in [1.29, 1.82) is 10.5 Å². The van der Waals surface area contributed by atoms with Crippen molar-refractivity contribution in [3.05, 3.63) is 0 Å². The van der Waals surface area contributed by atoms with Crippen LogP contribution < -0.4 is 0 Å². The van der Waals surface area contributed by atoms with Crippen molar-refractivity contribution in [2.45, 2.75) is 7.59 Å². The first-order chi connectivity index (χ1) is 5.12. The van der Waals surface area contributed by atoms with E-state index in [1.54, 1.807) is 0 Å². The summed E-state index contributed by atoms with van der Waals surface area (Å²) in [6, 6.07) is 2.80. The number of alkyl halides is 6. The molecule has 0 spiro atoms. The van der Waals surface area contributed by atoms with Gasteiger partial charge in [-0.05, 0) is 0 Å². The molecule has 8 heteroatoms. The Bertz CT molecular complexity index is 176. The molecule has 12 heavy (non-hydrogen) atoms. The number of nitriles is 2. The Balaban J connectivity index is 0. The number of hydrogen-bond acceptors (Lipinski definition) is 2. The summed E-state index contributed by atoms with van der Waals surface area (Å²) in [5.74, 6) is 0. The van der Waals surface area contributed by atoms with Crippen LogP contribution in [0.3, 0.4) is 0 Å². The van der Waals surface area contributed by atoms with E-state index in [0.717, 1.165) is 0 Å². The molecule has 68 valence electrons. The summed E-state index contributed by atoms with van der Waals surface area (Å²) in [7, 11) is 0. The zero-order chi connectivity index (χ0) is 10.4. The first-order valence-electron chi connectivity index (χ1n) is 2.08. The molecule has 0 saturated heterocycles. The largest absolute Gasteiger partial charge is 0.277 e. The lowest BCUT2D eigenvalue weighted by Crippen LogP contribution is -1.92. The molecule has 0 aliphatic rings. The third kappa shape index (κ3) is 22.4. The van der Waals surface area contributed by atoms with Crippen molar-refractivity contribution < 1.29 is 0 Å². The van der Waals surface area contributed by atoms with E-state index >= 15 is 0 Å². The van der Waals surface area contributed by atoms with E-state index < -0.39 is 7.59 Å². The van der Waals surface area contributed by atoms with Gasteiger partial charge in [0.1, 0.15) is 12.1 Å². The highest BCUT2D eigenvalue weighted by Crippen LogP contribution is 2.23. The summed E-state index contributed by atoms with van der Waals surface area (Å²) >= 11 is 29.3. The van der Waals surface area contributed by atoms with Crippen molar-refractivity contribution in [1.82, 2.24) is 0 Å². The highest BCUT2D eigenvalue weighted by atomic mass is 35.6. The molecule has 0 rings (SSSR count). The Morgan fingerprint density at radius 2 is 0.750 bits per heavy atom. The lowest BCUT2D eigenvalue weighted by Gasteiger charge is -1.90. The molecule has 2 nitrogen and oxygen atoms in total. The summed E-state index contributed by atoms with van der Waals surface area (Å²) < 4.78 is -3.47. The smallest absolute Gasteiger partial charge is 0.194 e. The Kier molecular flexibility index (Phi) is 7.88. The summed E-state index contributed by atoms with van der Waals surface area (Å²) in [4.78, 5) is 0. The van der Waals surface area contributed by atoms with Gasteiger partial charge in [0, 0.05) is 0 Å². The molecular weight excluding hydrogens is 289 g/mol. The molecule has 0 bridgehead atoms. The maximum absolute atomic E-state index is 7.76. The van der Waals surface area contributed by atoms with Gasteiger partial charge in [-0.2, -0.15) is 10.5 Å². The van der Waals surface area contributed by atoms with Gasteiger partial charge in [0.05, 0.1) is 0 Å². The zero-order valence-corrected chi connectivity index (χ0v) is 9.70. The second kappa shape index (κ2) is 6.22. The maximum atomic E-state index is 7.76. The normalized spacial score (nSPS) is 10.3. The Labute approximate surface area is 99.4 Å². The van der Waals surface area contributed by atoms with Crippen LogP contribution in [-0.4, -0.2) is 7.59 Å². The molecule has 0 aliphatic heterocycles. The fraction of sp³-hybridized carbons (Fsp3) is 0.500. The summed E-state index contributed by atoms with van der Waals surface area (Å²) in [5.41, 5.74) is 0. The van der Waals surface area contributed by atoms with Crippen LogP contribution in [0.5, 0.6) is 0 Å². The monoisotopic (exact) mass is 286 g/mol. The van der Waals surface area contributed by atoms with Crippen LogP contribution in [0, 0.1) is 22.7 Å². The first kappa shape index (κ1) is 15.2. The summed E-state index contributed by atoms with van der Waals surface area (Å²) in [5, 5.41) is 15.5. The lowest BCUT2D eigenvalue weighted by molar-refractivity contribution is 1.39. The van der Waals surface area contributed by atoms with Crippen LogP contribution in [0.1, 0.15) is 0 Å². The van der Waals surface area contributed by atoms with Crippen molar-refractivity contribution >= 4 is 69.6 Å². The Morgan fingerprint density at radius 3 is 0.750 bits per heavy atom. The third-order valence-corrected chi connectivity index (χ3v) is 0.761. The molecule has 0 amide bonds. The predicted molar refractivity (Wildman–Crippen MR) is 51.8 cm³/mol. The minimum atomic E-state index is -1.74. The SMILES string of the molecule is N#CC(Cl)(Cl)Cl.N#CC(Cl)(Cl)Cl. The molecule has 0 aliphatic carbocycles. The zero-order valence-electron chi connectivity index (χ0n) is 5.16.